The minimum atomic E-state index is -1.25. The molecule has 58 heavy (non-hydrogen) atoms. The van der Waals surface area contributed by atoms with Gasteiger partial charge in [0.1, 0.15) is 32.2 Å². The molecule has 0 aliphatic heterocycles. The number of aliphatic hydroxyl groups is 1. The van der Waals surface area contributed by atoms with E-state index in [4.69, 9.17) is 23.7 Å². The zero-order valence-corrected chi connectivity index (χ0v) is 32.0. The Morgan fingerprint density at radius 1 is 0.500 bits per heavy atom. The molecule has 0 radical (unpaired) electrons. The van der Waals surface area contributed by atoms with Gasteiger partial charge in [-0.25, -0.2) is 40.0 Å². The van der Waals surface area contributed by atoms with Crippen LogP contribution in [0.25, 0.3) is 0 Å². The number of benzene rings is 5. The topological polar surface area (TPSA) is 165 Å². The number of aliphatic hydroxyl groups excluding tert-OH is 1. The number of hydrazine groups is 2. The van der Waals surface area contributed by atoms with Crippen LogP contribution >= 0.6 is 0 Å². The first-order chi connectivity index (χ1) is 28.3. The fourth-order valence-corrected chi connectivity index (χ4v) is 5.75. The number of ether oxygens (including phenoxy) is 5. The van der Waals surface area contributed by atoms with E-state index in [1.165, 1.54) is 7.11 Å². The number of amides is 4. The summed E-state index contributed by atoms with van der Waals surface area (Å²) in [5, 5.41) is 12.7. The van der Waals surface area contributed by atoms with Gasteiger partial charge in [0, 0.05) is 0 Å². The molecule has 0 unspecified atom stereocenters. The van der Waals surface area contributed by atoms with Crippen LogP contribution in [0.15, 0.2) is 146 Å². The molecular formula is C44H46N4O10. The van der Waals surface area contributed by atoms with Crippen LogP contribution in [-0.4, -0.2) is 65.3 Å². The van der Waals surface area contributed by atoms with E-state index in [9.17, 15) is 24.3 Å². The number of hydrogen-bond acceptors (Lipinski definition) is 10. The van der Waals surface area contributed by atoms with Gasteiger partial charge in [0.15, 0.2) is 0 Å². The van der Waals surface area contributed by atoms with E-state index in [0.29, 0.717) is 33.6 Å². The average Bonchev–Trinajstić information content (AvgIpc) is 3.27. The lowest BCUT2D eigenvalue weighted by atomic mass is 9.98. The average molecular weight is 791 g/mol. The van der Waals surface area contributed by atoms with Gasteiger partial charge in [-0.3, -0.25) is 0 Å². The molecule has 4 amide bonds. The van der Waals surface area contributed by atoms with Gasteiger partial charge >= 0.3 is 24.4 Å². The maximum absolute atomic E-state index is 14.0. The van der Waals surface area contributed by atoms with E-state index in [-0.39, 0.29) is 39.3 Å². The maximum atomic E-state index is 14.0. The molecular weight excluding hydrogens is 745 g/mol. The molecule has 14 heteroatoms. The van der Waals surface area contributed by atoms with Crippen LogP contribution in [0.5, 0.6) is 5.75 Å². The van der Waals surface area contributed by atoms with Crippen molar-refractivity contribution < 1.29 is 48.0 Å². The summed E-state index contributed by atoms with van der Waals surface area (Å²) in [4.78, 5) is 54.5. The summed E-state index contributed by atoms with van der Waals surface area (Å²) < 4.78 is 27.5. The summed E-state index contributed by atoms with van der Waals surface area (Å²) in [5.74, 6) is 0.584. The van der Waals surface area contributed by atoms with Crippen LogP contribution in [0.4, 0.5) is 19.2 Å². The molecule has 0 aliphatic carbocycles. The highest BCUT2D eigenvalue weighted by Crippen LogP contribution is 2.21. The molecule has 5 aromatic carbocycles. The molecule has 0 heterocycles. The Bertz CT molecular complexity index is 2010. The first-order valence-corrected chi connectivity index (χ1v) is 18.5. The second kappa shape index (κ2) is 22.5. The van der Waals surface area contributed by atoms with Gasteiger partial charge in [-0.2, -0.15) is 0 Å². The van der Waals surface area contributed by atoms with Crippen molar-refractivity contribution in [2.24, 2.45) is 0 Å². The van der Waals surface area contributed by atoms with Crippen LogP contribution in [0.3, 0.4) is 0 Å². The fourth-order valence-electron chi connectivity index (χ4n) is 5.75. The second-order valence-corrected chi connectivity index (χ2v) is 12.9. The molecule has 14 nitrogen and oxygen atoms in total. The molecule has 302 valence electrons. The van der Waals surface area contributed by atoms with Crippen molar-refractivity contribution in [3.8, 4) is 5.75 Å². The van der Waals surface area contributed by atoms with Crippen LogP contribution in [0.2, 0.25) is 0 Å². The zero-order valence-electron chi connectivity index (χ0n) is 32.0. The number of methoxy groups -OCH3 is 1. The van der Waals surface area contributed by atoms with Gasteiger partial charge < -0.3 is 28.8 Å². The lowest BCUT2D eigenvalue weighted by molar-refractivity contribution is 0.0103. The third-order valence-corrected chi connectivity index (χ3v) is 8.77. The first-order valence-electron chi connectivity index (χ1n) is 18.5. The number of carbonyl (C=O) groups is 4. The van der Waals surface area contributed by atoms with Gasteiger partial charge in [-0.05, 0) is 52.8 Å². The summed E-state index contributed by atoms with van der Waals surface area (Å²) in [6.45, 7) is -1.22. The SMILES string of the molecule is COc1ccc(C[C@H](C[C@@H](CO)N(NC(=O)OCc2ccccc2)C(=O)OCc2ccccc2)N(NC(=O)OCc2ccccc2)C(=O)OCc2ccccc2)cc1. The minimum absolute atomic E-state index is 0.0608. The van der Waals surface area contributed by atoms with Gasteiger partial charge in [0.2, 0.25) is 0 Å². The number of hydrogen-bond donors (Lipinski definition) is 3. The molecule has 0 saturated heterocycles. The van der Waals surface area contributed by atoms with Crippen LogP contribution in [0, 0.1) is 0 Å². The Kier molecular flexibility index (Phi) is 16.3. The highest BCUT2D eigenvalue weighted by atomic mass is 16.6. The maximum Gasteiger partial charge on any atom is 0.429 e. The van der Waals surface area contributed by atoms with Crippen molar-refractivity contribution in [2.45, 2.75) is 51.4 Å². The quantitative estimate of drug-likeness (QED) is 0.0682. The summed E-state index contributed by atoms with van der Waals surface area (Å²) >= 11 is 0. The molecule has 5 aromatic rings. The lowest BCUT2D eigenvalue weighted by Gasteiger charge is -2.36. The van der Waals surface area contributed by atoms with E-state index in [0.717, 1.165) is 10.0 Å². The predicted molar refractivity (Wildman–Crippen MR) is 212 cm³/mol. The van der Waals surface area contributed by atoms with E-state index in [1.54, 1.807) is 121 Å². The highest BCUT2D eigenvalue weighted by molar-refractivity contribution is 5.75. The Hall–Kier alpha value is -7.06. The van der Waals surface area contributed by atoms with Crippen LogP contribution in [0.1, 0.15) is 34.2 Å². The standard InChI is InChI=1S/C44H46N4O10/c1-54-40-24-22-33(23-25-40)26-38(47(43(52)57-31-36-18-10-4-11-19-36)45-41(50)55-29-34-14-6-2-7-15-34)27-39(28-49)48(44(53)58-32-37-20-12-5-13-21-37)46-42(51)56-30-35-16-8-3-9-17-35/h2-25,38-39,49H,26-32H2,1H3,(H,45,50)(H,46,51)/t38-,39+/m1/s1. The Balaban J connectivity index is 1.45. The molecule has 2 atom stereocenters. The molecule has 0 aromatic heterocycles. The smallest absolute Gasteiger partial charge is 0.429 e. The monoisotopic (exact) mass is 790 g/mol. The summed E-state index contributed by atoms with van der Waals surface area (Å²) in [6, 6.07) is 40.5. The number of nitrogens with one attached hydrogen (secondary N) is 2. The van der Waals surface area contributed by atoms with Gasteiger partial charge in [0.25, 0.3) is 0 Å². The zero-order chi connectivity index (χ0) is 41.0. The third-order valence-electron chi connectivity index (χ3n) is 8.77. The molecule has 3 N–H and O–H groups in total. The van der Waals surface area contributed by atoms with E-state index >= 15 is 0 Å². The van der Waals surface area contributed by atoms with Crippen molar-refractivity contribution >= 4 is 24.4 Å². The van der Waals surface area contributed by atoms with E-state index < -0.39 is 43.1 Å². The Morgan fingerprint density at radius 3 is 1.22 bits per heavy atom. The molecule has 5 rings (SSSR count). The molecule has 0 spiro atoms. The summed E-state index contributed by atoms with van der Waals surface area (Å²) in [7, 11) is 1.53. The van der Waals surface area contributed by atoms with Crippen molar-refractivity contribution in [3.05, 3.63) is 173 Å². The van der Waals surface area contributed by atoms with Crippen molar-refractivity contribution in [1.82, 2.24) is 20.9 Å². The van der Waals surface area contributed by atoms with Crippen LogP contribution < -0.4 is 15.6 Å². The fraction of sp³-hybridized carbons (Fsp3) is 0.227. The van der Waals surface area contributed by atoms with Gasteiger partial charge in [0.05, 0.1) is 25.8 Å². The number of carbonyl (C=O) groups excluding carboxylic acids is 4. The molecule has 0 bridgehead atoms. The van der Waals surface area contributed by atoms with Crippen LogP contribution in [-0.2, 0) is 51.8 Å². The second-order valence-electron chi connectivity index (χ2n) is 12.9. The summed E-state index contributed by atoms with van der Waals surface area (Å²) in [6.07, 6.45) is -4.12. The van der Waals surface area contributed by atoms with Gasteiger partial charge in [-0.15, -0.1) is 0 Å². The van der Waals surface area contributed by atoms with E-state index in [1.807, 2.05) is 24.3 Å². The van der Waals surface area contributed by atoms with Crippen molar-refractivity contribution in [3.63, 3.8) is 0 Å². The van der Waals surface area contributed by atoms with E-state index in [2.05, 4.69) is 10.9 Å². The Labute approximate surface area is 336 Å². The number of nitrogens with zero attached hydrogens (tertiary/aromatic N) is 2. The largest absolute Gasteiger partial charge is 0.497 e. The van der Waals surface area contributed by atoms with Gasteiger partial charge in [-0.1, -0.05) is 133 Å². The third kappa shape index (κ3) is 13.6. The lowest BCUT2D eigenvalue weighted by Crippen LogP contribution is -2.58. The first kappa shape index (κ1) is 42.1. The molecule has 0 aliphatic rings. The Morgan fingerprint density at radius 2 is 0.862 bits per heavy atom. The predicted octanol–water partition coefficient (Wildman–Crippen LogP) is 7.32. The highest BCUT2D eigenvalue weighted by Gasteiger charge is 2.35. The van der Waals surface area contributed by atoms with Crippen molar-refractivity contribution in [1.29, 1.82) is 0 Å². The summed E-state index contributed by atoms with van der Waals surface area (Å²) in [5.41, 5.74) is 8.42. The number of rotatable bonds is 16. The molecule has 0 fully saturated rings. The molecule has 0 saturated carbocycles. The van der Waals surface area contributed by atoms with Crippen molar-refractivity contribution in [2.75, 3.05) is 13.7 Å². The minimum Gasteiger partial charge on any atom is -0.497 e. The normalized spacial score (nSPS) is 11.6.